The quantitative estimate of drug-likeness (QED) is 0.915. The second kappa shape index (κ2) is 6.82. The zero-order valence-electron chi connectivity index (χ0n) is 14.6. The van der Waals surface area contributed by atoms with E-state index >= 15 is 0 Å². The summed E-state index contributed by atoms with van der Waals surface area (Å²) < 4.78 is 7.25. The van der Waals surface area contributed by atoms with Crippen LogP contribution in [-0.4, -0.2) is 51.9 Å². The number of amides is 2. The Balaban J connectivity index is 1.41. The molecular weight excluding hydrogens is 332 g/mol. The average Bonchev–Trinajstić information content (AvgIpc) is 3.19. The molecule has 1 atom stereocenters. The lowest BCUT2D eigenvalue weighted by molar-refractivity contribution is 0.0438. The van der Waals surface area contributed by atoms with E-state index in [-0.39, 0.29) is 12.0 Å². The molecular formula is C19H22N4O3. The predicted molar refractivity (Wildman–Crippen MR) is 94.7 cm³/mol. The summed E-state index contributed by atoms with van der Waals surface area (Å²) in [6, 6.07) is 10.0. The lowest BCUT2D eigenvalue weighted by atomic mass is 9.95. The SMILES string of the molecule is O=C1NCC2(CCCN(C(=O)c3cnn(Cc4ccccc4)c3)CC2)O1. The summed E-state index contributed by atoms with van der Waals surface area (Å²) in [6.07, 6.45) is 5.33. The second-order valence-electron chi connectivity index (χ2n) is 6.98. The van der Waals surface area contributed by atoms with Crippen LogP contribution in [0, 0.1) is 0 Å². The Morgan fingerprint density at radius 2 is 2.08 bits per heavy atom. The van der Waals surface area contributed by atoms with Gasteiger partial charge in [0.05, 0.1) is 24.8 Å². The van der Waals surface area contributed by atoms with Crippen LogP contribution in [0.5, 0.6) is 0 Å². The Kier molecular flexibility index (Phi) is 4.36. The number of carbonyl (C=O) groups is 2. The smallest absolute Gasteiger partial charge is 0.407 e. The van der Waals surface area contributed by atoms with Crippen molar-refractivity contribution < 1.29 is 14.3 Å². The van der Waals surface area contributed by atoms with E-state index in [0.29, 0.717) is 38.2 Å². The molecule has 2 aliphatic heterocycles. The van der Waals surface area contributed by atoms with Crippen molar-refractivity contribution in [2.24, 2.45) is 0 Å². The van der Waals surface area contributed by atoms with Crippen molar-refractivity contribution >= 4 is 12.0 Å². The number of ether oxygens (including phenoxy) is 1. The molecule has 0 bridgehead atoms. The van der Waals surface area contributed by atoms with E-state index in [1.54, 1.807) is 17.1 Å². The van der Waals surface area contributed by atoms with E-state index in [9.17, 15) is 9.59 Å². The molecule has 26 heavy (non-hydrogen) atoms. The highest BCUT2D eigenvalue weighted by Crippen LogP contribution is 2.29. The Morgan fingerprint density at radius 3 is 2.85 bits per heavy atom. The molecule has 1 spiro atoms. The van der Waals surface area contributed by atoms with E-state index in [4.69, 9.17) is 4.74 Å². The number of likely N-dealkylation sites (tertiary alicyclic amines) is 1. The molecule has 0 radical (unpaired) electrons. The van der Waals surface area contributed by atoms with Crippen LogP contribution in [0.2, 0.25) is 0 Å². The molecule has 3 heterocycles. The first-order valence-corrected chi connectivity index (χ1v) is 8.96. The third-order valence-electron chi connectivity index (χ3n) is 5.12. The minimum absolute atomic E-state index is 0.0151. The Bertz CT molecular complexity index is 804. The molecule has 0 aliphatic carbocycles. The number of hydrogen-bond acceptors (Lipinski definition) is 4. The number of carbonyl (C=O) groups excluding carboxylic acids is 2. The number of nitrogens with one attached hydrogen (secondary N) is 1. The van der Waals surface area contributed by atoms with Gasteiger partial charge in [-0.05, 0) is 18.4 Å². The van der Waals surface area contributed by atoms with Gasteiger partial charge in [-0.3, -0.25) is 9.48 Å². The predicted octanol–water partition coefficient (Wildman–Crippen LogP) is 2.04. The molecule has 2 aromatic rings. The first kappa shape index (κ1) is 16.6. The van der Waals surface area contributed by atoms with Crippen molar-refractivity contribution in [3.05, 3.63) is 53.9 Å². The number of nitrogens with zero attached hydrogens (tertiary/aromatic N) is 3. The van der Waals surface area contributed by atoms with Gasteiger partial charge in [-0.2, -0.15) is 5.10 Å². The van der Waals surface area contributed by atoms with Gasteiger partial charge in [0.1, 0.15) is 5.60 Å². The van der Waals surface area contributed by atoms with Gasteiger partial charge in [-0.25, -0.2) is 4.79 Å². The number of benzene rings is 1. The van der Waals surface area contributed by atoms with E-state index in [0.717, 1.165) is 18.4 Å². The van der Waals surface area contributed by atoms with E-state index in [2.05, 4.69) is 10.4 Å². The fourth-order valence-electron chi connectivity index (χ4n) is 3.67. The van der Waals surface area contributed by atoms with Gasteiger partial charge < -0.3 is 15.0 Å². The first-order chi connectivity index (χ1) is 12.6. The highest BCUT2D eigenvalue weighted by molar-refractivity contribution is 5.93. The highest BCUT2D eigenvalue weighted by Gasteiger charge is 2.41. The largest absolute Gasteiger partial charge is 0.441 e. The van der Waals surface area contributed by atoms with Crippen molar-refractivity contribution in [3.63, 3.8) is 0 Å². The molecule has 1 aromatic heterocycles. The monoisotopic (exact) mass is 354 g/mol. The Morgan fingerprint density at radius 1 is 1.23 bits per heavy atom. The minimum Gasteiger partial charge on any atom is -0.441 e. The van der Waals surface area contributed by atoms with Gasteiger partial charge in [0.15, 0.2) is 0 Å². The van der Waals surface area contributed by atoms with Crippen LogP contribution in [0.15, 0.2) is 42.7 Å². The van der Waals surface area contributed by atoms with Crippen LogP contribution in [0.1, 0.15) is 35.2 Å². The second-order valence-corrected chi connectivity index (χ2v) is 6.98. The number of alkyl carbamates (subject to hydrolysis) is 1. The molecule has 7 heteroatoms. The van der Waals surface area contributed by atoms with Crippen molar-refractivity contribution in [1.29, 1.82) is 0 Å². The van der Waals surface area contributed by atoms with Crippen LogP contribution in [0.25, 0.3) is 0 Å². The lowest BCUT2D eigenvalue weighted by Gasteiger charge is -2.24. The van der Waals surface area contributed by atoms with Crippen molar-refractivity contribution in [1.82, 2.24) is 20.0 Å². The van der Waals surface area contributed by atoms with Crippen molar-refractivity contribution in [2.45, 2.75) is 31.4 Å². The van der Waals surface area contributed by atoms with Crippen LogP contribution < -0.4 is 5.32 Å². The molecule has 2 saturated heterocycles. The molecule has 2 fully saturated rings. The molecule has 1 N–H and O–H groups in total. The van der Waals surface area contributed by atoms with E-state index in [1.165, 1.54) is 0 Å². The maximum atomic E-state index is 12.8. The van der Waals surface area contributed by atoms with Crippen LogP contribution in [0.3, 0.4) is 0 Å². The zero-order chi connectivity index (χ0) is 18.0. The first-order valence-electron chi connectivity index (χ1n) is 8.96. The molecule has 136 valence electrons. The van der Waals surface area contributed by atoms with Crippen molar-refractivity contribution in [2.75, 3.05) is 19.6 Å². The Hall–Kier alpha value is -2.83. The summed E-state index contributed by atoms with van der Waals surface area (Å²) in [5, 5.41) is 7.05. The summed E-state index contributed by atoms with van der Waals surface area (Å²) in [6.45, 7) is 2.42. The van der Waals surface area contributed by atoms with Gasteiger partial charge in [-0.1, -0.05) is 30.3 Å². The lowest BCUT2D eigenvalue weighted by Crippen LogP contribution is -2.36. The summed E-state index contributed by atoms with van der Waals surface area (Å²) in [5.74, 6) is -0.0151. The summed E-state index contributed by atoms with van der Waals surface area (Å²) >= 11 is 0. The normalized spacial score (nSPS) is 22.8. The van der Waals surface area contributed by atoms with E-state index in [1.807, 2.05) is 35.2 Å². The third-order valence-corrected chi connectivity index (χ3v) is 5.12. The number of aromatic nitrogens is 2. The van der Waals surface area contributed by atoms with Gasteiger partial charge in [0.2, 0.25) is 0 Å². The Labute approximate surface area is 151 Å². The number of rotatable bonds is 3. The minimum atomic E-state index is -0.455. The molecule has 2 aliphatic rings. The van der Waals surface area contributed by atoms with Crippen LogP contribution in [0.4, 0.5) is 4.79 Å². The average molecular weight is 354 g/mol. The van der Waals surface area contributed by atoms with Gasteiger partial charge in [-0.15, -0.1) is 0 Å². The zero-order valence-corrected chi connectivity index (χ0v) is 14.6. The standard InChI is InChI=1S/C19H22N4O3/c24-17(16-11-21-23(13-16)12-15-5-2-1-3-6-15)22-9-4-7-19(8-10-22)14-20-18(25)26-19/h1-3,5-6,11,13H,4,7-10,12,14H2,(H,20,25). The van der Waals surface area contributed by atoms with Gasteiger partial charge in [0, 0.05) is 25.7 Å². The summed E-state index contributed by atoms with van der Waals surface area (Å²) in [5.41, 5.74) is 1.28. The van der Waals surface area contributed by atoms with Gasteiger partial charge >= 0.3 is 6.09 Å². The van der Waals surface area contributed by atoms with Crippen LogP contribution >= 0.6 is 0 Å². The molecule has 7 nitrogen and oxygen atoms in total. The summed E-state index contributed by atoms with van der Waals surface area (Å²) in [7, 11) is 0. The molecule has 4 rings (SSSR count). The summed E-state index contributed by atoms with van der Waals surface area (Å²) in [4.78, 5) is 26.1. The molecule has 0 saturated carbocycles. The third kappa shape index (κ3) is 3.42. The maximum absolute atomic E-state index is 12.8. The van der Waals surface area contributed by atoms with Gasteiger partial charge in [0.25, 0.3) is 5.91 Å². The maximum Gasteiger partial charge on any atom is 0.407 e. The number of hydrogen-bond donors (Lipinski definition) is 1. The molecule has 1 unspecified atom stereocenters. The van der Waals surface area contributed by atoms with E-state index < -0.39 is 5.60 Å². The molecule has 1 aromatic carbocycles. The van der Waals surface area contributed by atoms with Crippen LogP contribution in [-0.2, 0) is 11.3 Å². The fourth-order valence-corrected chi connectivity index (χ4v) is 3.67. The highest BCUT2D eigenvalue weighted by atomic mass is 16.6. The van der Waals surface area contributed by atoms with Crippen molar-refractivity contribution in [3.8, 4) is 0 Å². The topological polar surface area (TPSA) is 76.5 Å². The fraction of sp³-hybridized carbons (Fsp3) is 0.421. The molecule has 2 amide bonds.